The van der Waals surface area contributed by atoms with Gasteiger partial charge in [-0.1, -0.05) is 28.1 Å². The molecular weight excluding hydrogens is 289 g/mol. The highest BCUT2D eigenvalue weighted by atomic mass is 79.9. The van der Waals surface area contributed by atoms with Gasteiger partial charge in [0.25, 0.3) is 0 Å². The highest BCUT2D eigenvalue weighted by Gasteiger charge is 1.99. The van der Waals surface area contributed by atoms with Gasteiger partial charge in [0.1, 0.15) is 5.75 Å². The maximum absolute atomic E-state index is 5.67. The highest BCUT2D eigenvalue weighted by molar-refractivity contribution is 9.10. The molecular formula is C12H9BrClNO. The molecule has 0 unspecified atom stereocenters. The summed E-state index contributed by atoms with van der Waals surface area (Å²) < 4.78 is 6.55. The van der Waals surface area contributed by atoms with E-state index in [1.807, 2.05) is 30.3 Å². The number of benzene rings is 1. The van der Waals surface area contributed by atoms with Gasteiger partial charge in [0, 0.05) is 22.6 Å². The SMILES string of the molecule is ClCc1ccc(Oc2cccc(Br)c2)nc1. The molecule has 1 heterocycles. The third-order valence-corrected chi connectivity index (χ3v) is 2.77. The van der Waals surface area contributed by atoms with Gasteiger partial charge in [-0.15, -0.1) is 11.6 Å². The van der Waals surface area contributed by atoms with Crippen molar-refractivity contribution in [2.45, 2.75) is 5.88 Å². The van der Waals surface area contributed by atoms with E-state index in [0.717, 1.165) is 15.8 Å². The lowest BCUT2D eigenvalue weighted by Crippen LogP contribution is -1.88. The van der Waals surface area contributed by atoms with E-state index in [-0.39, 0.29) is 0 Å². The average Bonchev–Trinajstić information content (AvgIpc) is 2.30. The minimum Gasteiger partial charge on any atom is -0.439 e. The van der Waals surface area contributed by atoms with E-state index in [4.69, 9.17) is 16.3 Å². The van der Waals surface area contributed by atoms with E-state index < -0.39 is 0 Å². The number of halogens is 2. The number of pyridine rings is 1. The van der Waals surface area contributed by atoms with Crippen LogP contribution in [-0.2, 0) is 5.88 Å². The Bertz CT molecular complexity index is 473. The van der Waals surface area contributed by atoms with E-state index in [1.54, 1.807) is 12.3 Å². The molecule has 0 fully saturated rings. The van der Waals surface area contributed by atoms with Crippen LogP contribution in [0.3, 0.4) is 0 Å². The highest BCUT2D eigenvalue weighted by Crippen LogP contribution is 2.22. The predicted molar refractivity (Wildman–Crippen MR) is 68.0 cm³/mol. The van der Waals surface area contributed by atoms with Gasteiger partial charge in [0.05, 0.1) is 0 Å². The number of alkyl halides is 1. The monoisotopic (exact) mass is 297 g/mol. The number of aromatic nitrogens is 1. The molecule has 0 radical (unpaired) electrons. The van der Waals surface area contributed by atoms with Crippen LogP contribution in [-0.4, -0.2) is 4.98 Å². The van der Waals surface area contributed by atoms with Gasteiger partial charge in [-0.25, -0.2) is 4.98 Å². The molecule has 82 valence electrons. The number of ether oxygens (including phenoxy) is 1. The Hall–Kier alpha value is -1.06. The molecule has 1 aromatic carbocycles. The summed E-state index contributed by atoms with van der Waals surface area (Å²) in [5.41, 5.74) is 0.975. The van der Waals surface area contributed by atoms with Gasteiger partial charge in [-0.3, -0.25) is 0 Å². The van der Waals surface area contributed by atoms with E-state index in [1.165, 1.54) is 0 Å². The first-order valence-corrected chi connectivity index (χ1v) is 6.05. The smallest absolute Gasteiger partial charge is 0.219 e. The van der Waals surface area contributed by atoms with Gasteiger partial charge in [-0.05, 0) is 23.8 Å². The van der Waals surface area contributed by atoms with Gasteiger partial charge < -0.3 is 4.74 Å². The molecule has 16 heavy (non-hydrogen) atoms. The summed E-state index contributed by atoms with van der Waals surface area (Å²) in [6, 6.07) is 11.3. The summed E-state index contributed by atoms with van der Waals surface area (Å²) in [5, 5.41) is 0. The zero-order valence-corrected chi connectivity index (χ0v) is 10.7. The van der Waals surface area contributed by atoms with Gasteiger partial charge >= 0.3 is 0 Å². The van der Waals surface area contributed by atoms with Crippen molar-refractivity contribution < 1.29 is 4.74 Å². The summed E-state index contributed by atoms with van der Waals surface area (Å²) >= 11 is 9.05. The lowest BCUT2D eigenvalue weighted by Gasteiger charge is -2.05. The first-order valence-electron chi connectivity index (χ1n) is 4.72. The second kappa shape index (κ2) is 5.32. The first kappa shape index (κ1) is 11.4. The number of hydrogen-bond acceptors (Lipinski definition) is 2. The molecule has 0 saturated carbocycles. The van der Waals surface area contributed by atoms with Crippen molar-refractivity contribution in [2.75, 3.05) is 0 Å². The molecule has 0 aliphatic rings. The Balaban J connectivity index is 2.14. The van der Waals surface area contributed by atoms with E-state index in [9.17, 15) is 0 Å². The fraction of sp³-hybridized carbons (Fsp3) is 0.0833. The van der Waals surface area contributed by atoms with E-state index in [0.29, 0.717) is 11.8 Å². The van der Waals surface area contributed by atoms with Crippen LogP contribution < -0.4 is 4.74 Å². The van der Waals surface area contributed by atoms with Crippen LogP contribution in [0.4, 0.5) is 0 Å². The maximum atomic E-state index is 5.67. The minimum atomic E-state index is 0.462. The van der Waals surface area contributed by atoms with Crippen molar-refractivity contribution in [1.82, 2.24) is 4.98 Å². The van der Waals surface area contributed by atoms with Crippen molar-refractivity contribution in [2.24, 2.45) is 0 Å². The first-order chi connectivity index (χ1) is 7.78. The van der Waals surface area contributed by atoms with Crippen molar-refractivity contribution >= 4 is 27.5 Å². The molecule has 0 bridgehead atoms. The Morgan fingerprint density at radius 2 is 2.12 bits per heavy atom. The van der Waals surface area contributed by atoms with Crippen LogP contribution in [0.15, 0.2) is 47.1 Å². The topological polar surface area (TPSA) is 22.1 Å². The molecule has 0 N–H and O–H groups in total. The number of hydrogen-bond donors (Lipinski definition) is 0. The van der Waals surface area contributed by atoms with Crippen molar-refractivity contribution in [3.8, 4) is 11.6 Å². The summed E-state index contributed by atoms with van der Waals surface area (Å²) in [6.45, 7) is 0. The molecule has 0 amide bonds. The summed E-state index contributed by atoms with van der Waals surface area (Å²) in [4.78, 5) is 4.15. The molecule has 1 aromatic heterocycles. The Morgan fingerprint density at radius 3 is 2.75 bits per heavy atom. The fourth-order valence-electron chi connectivity index (χ4n) is 1.20. The molecule has 2 aromatic rings. The third-order valence-electron chi connectivity index (χ3n) is 1.97. The average molecular weight is 299 g/mol. The number of nitrogens with zero attached hydrogens (tertiary/aromatic N) is 1. The lowest BCUT2D eigenvalue weighted by atomic mass is 10.3. The van der Waals surface area contributed by atoms with Crippen LogP contribution in [0.2, 0.25) is 0 Å². The van der Waals surface area contributed by atoms with Crippen molar-refractivity contribution in [3.63, 3.8) is 0 Å². The second-order valence-corrected chi connectivity index (χ2v) is 4.38. The van der Waals surface area contributed by atoms with Crippen molar-refractivity contribution in [3.05, 3.63) is 52.6 Å². The largest absolute Gasteiger partial charge is 0.439 e. The quantitative estimate of drug-likeness (QED) is 0.785. The van der Waals surface area contributed by atoms with Crippen LogP contribution in [0.5, 0.6) is 11.6 Å². The molecule has 4 heteroatoms. The van der Waals surface area contributed by atoms with Crippen LogP contribution in [0.25, 0.3) is 0 Å². The summed E-state index contributed by atoms with van der Waals surface area (Å²) in [6.07, 6.45) is 1.71. The molecule has 0 atom stereocenters. The Labute approximate surface area is 107 Å². The normalized spacial score (nSPS) is 10.1. The molecule has 0 aliphatic carbocycles. The van der Waals surface area contributed by atoms with Crippen LogP contribution >= 0.6 is 27.5 Å². The second-order valence-electron chi connectivity index (χ2n) is 3.20. The third kappa shape index (κ3) is 2.97. The number of rotatable bonds is 3. The van der Waals surface area contributed by atoms with Crippen LogP contribution in [0, 0.1) is 0 Å². The van der Waals surface area contributed by atoms with Crippen LogP contribution in [0.1, 0.15) is 5.56 Å². The molecule has 0 saturated heterocycles. The van der Waals surface area contributed by atoms with Gasteiger partial charge in [0.2, 0.25) is 5.88 Å². The Morgan fingerprint density at radius 1 is 1.25 bits per heavy atom. The van der Waals surface area contributed by atoms with Gasteiger partial charge in [0.15, 0.2) is 0 Å². The Kier molecular flexibility index (Phi) is 3.80. The maximum Gasteiger partial charge on any atom is 0.219 e. The standard InChI is InChI=1S/C12H9BrClNO/c13-10-2-1-3-11(6-10)16-12-5-4-9(7-14)8-15-12/h1-6,8H,7H2. The zero-order chi connectivity index (χ0) is 11.4. The fourth-order valence-corrected chi connectivity index (χ4v) is 1.74. The van der Waals surface area contributed by atoms with Crippen molar-refractivity contribution in [1.29, 1.82) is 0 Å². The predicted octanol–water partition coefficient (Wildman–Crippen LogP) is 4.38. The lowest BCUT2D eigenvalue weighted by molar-refractivity contribution is 0.462. The van der Waals surface area contributed by atoms with E-state index >= 15 is 0 Å². The van der Waals surface area contributed by atoms with E-state index in [2.05, 4.69) is 20.9 Å². The zero-order valence-electron chi connectivity index (χ0n) is 8.36. The molecule has 0 spiro atoms. The summed E-state index contributed by atoms with van der Waals surface area (Å²) in [7, 11) is 0. The van der Waals surface area contributed by atoms with Gasteiger partial charge in [-0.2, -0.15) is 0 Å². The molecule has 2 rings (SSSR count). The molecule has 2 nitrogen and oxygen atoms in total. The summed E-state index contributed by atoms with van der Waals surface area (Å²) in [5.74, 6) is 1.77. The molecule has 0 aliphatic heterocycles. The minimum absolute atomic E-state index is 0.462.